The van der Waals surface area contributed by atoms with E-state index in [1.54, 1.807) is 0 Å². The molecule has 0 amide bonds. The van der Waals surface area contributed by atoms with Crippen LogP contribution in [0.4, 0.5) is 0 Å². The van der Waals surface area contributed by atoms with Gasteiger partial charge in [0.2, 0.25) is 0 Å². The molecule has 0 spiro atoms. The highest BCUT2D eigenvalue weighted by Crippen LogP contribution is 2.46. The lowest BCUT2D eigenvalue weighted by Gasteiger charge is -2.19. The van der Waals surface area contributed by atoms with E-state index in [0.717, 1.165) is 38.3 Å². The average Bonchev–Trinajstić information content (AvgIpc) is 3.55. The molecule has 2 nitrogen and oxygen atoms in total. The van der Waals surface area contributed by atoms with Gasteiger partial charge in [-0.25, -0.2) is 4.98 Å². The van der Waals surface area contributed by atoms with E-state index in [2.05, 4.69) is 83.8 Å². The Morgan fingerprint density at radius 2 is 1.24 bits per heavy atom. The molecule has 2 aromatic heterocycles. The Morgan fingerprint density at radius 1 is 0.622 bits per heavy atom. The van der Waals surface area contributed by atoms with Gasteiger partial charge in [-0.3, -0.25) is 4.57 Å². The first kappa shape index (κ1) is 17.9. The molecular weight excluding hydrogens is 468 g/mol. The molecule has 0 bridgehead atoms. The third kappa shape index (κ3) is 2.89. The van der Waals surface area contributed by atoms with Crippen molar-refractivity contribution in [2.75, 3.05) is 0 Å². The van der Waals surface area contributed by atoms with Crippen LogP contribution in [0.3, 0.4) is 0 Å². The molecule has 0 saturated heterocycles. The second kappa shape index (κ2) is 7.76. The van der Waals surface area contributed by atoms with Gasteiger partial charge in [0.05, 0.1) is 16.7 Å². The Balaban J connectivity index is 1.59. The van der Waals surface area contributed by atoms with Gasteiger partial charge in [-0.05, 0) is 53.0 Å². The van der Waals surface area contributed by atoms with Crippen molar-refractivity contribution in [3.8, 4) is 16.8 Å². The van der Waals surface area contributed by atoms with Crippen LogP contribution in [0.25, 0.3) is 69.6 Å². The second-order valence-electron chi connectivity index (χ2n) is 9.35. The number of fused-ring (bicyclic) bond motifs is 6. The maximum atomic E-state index is 8.39. The molecule has 0 aliphatic heterocycles. The van der Waals surface area contributed by atoms with E-state index in [1.165, 1.54) is 25.7 Å². The normalized spacial score (nSPS) is 13.5. The number of benzene rings is 6. The van der Waals surface area contributed by atoms with Crippen molar-refractivity contribution in [3.63, 3.8) is 0 Å². The zero-order valence-electron chi connectivity index (χ0n) is 22.8. The Labute approximate surface area is 222 Å². The van der Waals surface area contributed by atoms with E-state index >= 15 is 0 Å². The van der Waals surface area contributed by atoms with Crippen LogP contribution in [0.15, 0.2) is 115 Å². The Kier molecular flexibility index (Phi) is 3.75. The van der Waals surface area contributed by atoms with E-state index in [0.29, 0.717) is 5.52 Å². The fourth-order valence-electron chi connectivity index (χ4n) is 5.87. The van der Waals surface area contributed by atoms with Gasteiger partial charge < -0.3 is 0 Å². The van der Waals surface area contributed by atoms with Gasteiger partial charge >= 0.3 is 0 Å². The summed E-state index contributed by atoms with van der Waals surface area (Å²) in [5.74, 6) is 0.0719. The molecule has 0 aliphatic carbocycles. The summed E-state index contributed by atoms with van der Waals surface area (Å²) >= 11 is 1.81. The van der Waals surface area contributed by atoms with Crippen LogP contribution < -0.4 is 0 Å². The van der Waals surface area contributed by atoms with Gasteiger partial charge in [-0.15, -0.1) is 11.3 Å². The highest BCUT2D eigenvalue weighted by Gasteiger charge is 2.21. The van der Waals surface area contributed by atoms with Gasteiger partial charge in [-0.2, -0.15) is 0 Å². The summed E-state index contributed by atoms with van der Waals surface area (Å²) in [6.07, 6.45) is 0. The van der Waals surface area contributed by atoms with Crippen molar-refractivity contribution in [1.29, 1.82) is 0 Å². The first-order chi connectivity index (χ1) is 19.5. The molecule has 0 saturated carbocycles. The number of imidazole rings is 1. The van der Waals surface area contributed by atoms with Crippen molar-refractivity contribution in [2.24, 2.45) is 0 Å². The lowest BCUT2D eigenvalue weighted by molar-refractivity contribution is 1.02. The Bertz CT molecular complexity index is 2220. The standard InChI is InChI=1S/C34H22N2S/c1-21-35-28-17-7-8-18-29(28)36(21)34-24-13-4-2-11-22(24)32(23-12-3-5-14-25(23)34)27-16-10-20-31-33(27)26-15-6-9-19-30(26)37-31/h2-20H,1H3/i1D3. The lowest BCUT2D eigenvalue weighted by atomic mass is 9.88. The monoisotopic (exact) mass is 493 g/mol. The summed E-state index contributed by atoms with van der Waals surface area (Å²) in [7, 11) is 0. The molecule has 0 aliphatic rings. The number of rotatable bonds is 2. The SMILES string of the molecule is [2H]C([2H])([2H])c1nc2ccccc2n1-c1c2ccccc2c(-c2cccc3sc4ccccc4c23)c2ccccc12. The van der Waals surface area contributed by atoms with Crippen LogP contribution in [-0.4, -0.2) is 9.55 Å². The van der Waals surface area contributed by atoms with Crippen molar-refractivity contribution >= 4 is 64.1 Å². The van der Waals surface area contributed by atoms with E-state index in [1.807, 2.05) is 52.3 Å². The fraction of sp³-hybridized carbons (Fsp3) is 0.0294. The van der Waals surface area contributed by atoms with Crippen LogP contribution in [0.2, 0.25) is 0 Å². The fourth-order valence-corrected chi connectivity index (χ4v) is 7.00. The van der Waals surface area contributed by atoms with Crippen molar-refractivity contribution in [1.82, 2.24) is 9.55 Å². The second-order valence-corrected chi connectivity index (χ2v) is 10.4. The molecule has 6 aromatic carbocycles. The molecule has 0 unspecified atom stereocenters. The summed E-state index contributed by atoms with van der Waals surface area (Å²) in [6, 6.07) is 39.5. The largest absolute Gasteiger partial charge is 0.295 e. The molecule has 2 heterocycles. The Morgan fingerprint density at radius 3 is 2.00 bits per heavy atom. The highest BCUT2D eigenvalue weighted by atomic mass is 32.1. The van der Waals surface area contributed by atoms with Crippen molar-refractivity contribution in [3.05, 3.63) is 121 Å². The van der Waals surface area contributed by atoms with Gasteiger partial charge in [-0.1, -0.05) is 91.0 Å². The van der Waals surface area contributed by atoms with Crippen molar-refractivity contribution in [2.45, 2.75) is 6.85 Å². The predicted molar refractivity (Wildman–Crippen MR) is 159 cm³/mol. The summed E-state index contributed by atoms with van der Waals surface area (Å²) in [4.78, 5) is 4.62. The summed E-state index contributed by atoms with van der Waals surface area (Å²) in [5, 5.41) is 6.63. The minimum Gasteiger partial charge on any atom is -0.295 e. The number of hydrogen-bond acceptors (Lipinski definition) is 2. The zero-order chi connectivity index (χ0) is 27.0. The number of aryl methyl sites for hydroxylation is 1. The number of aromatic nitrogens is 2. The van der Waals surface area contributed by atoms with Crippen LogP contribution in [-0.2, 0) is 0 Å². The van der Waals surface area contributed by atoms with Crippen molar-refractivity contribution < 1.29 is 4.11 Å². The summed E-state index contributed by atoms with van der Waals surface area (Å²) in [5.41, 5.74) is 4.63. The lowest BCUT2D eigenvalue weighted by Crippen LogP contribution is -2.01. The molecule has 8 rings (SSSR count). The molecule has 174 valence electrons. The average molecular weight is 494 g/mol. The van der Waals surface area contributed by atoms with E-state index < -0.39 is 6.85 Å². The van der Waals surface area contributed by atoms with Crippen LogP contribution >= 0.6 is 11.3 Å². The highest BCUT2D eigenvalue weighted by molar-refractivity contribution is 7.25. The number of thiophene rings is 1. The first-order valence-electron chi connectivity index (χ1n) is 13.8. The van der Waals surface area contributed by atoms with Gasteiger partial charge in [0.1, 0.15) is 5.82 Å². The van der Waals surface area contributed by atoms with E-state index in [-0.39, 0.29) is 5.82 Å². The third-order valence-corrected chi connectivity index (χ3v) is 8.50. The number of para-hydroxylation sites is 2. The summed E-state index contributed by atoms with van der Waals surface area (Å²) in [6.45, 7) is -2.39. The predicted octanol–water partition coefficient (Wildman–Crippen LogP) is 9.68. The molecule has 0 N–H and O–H groups in total. The topological polar surface area (TPSA) is 17.8 Å². The van der Waals surface area contributed by atoms with Crippen LogP contribution in [0.5, 0.6) is 0 Å². The summed E-state index contributed by atoms with van der Waals surface area (Å²) < 4.78 is 29.5. The Hall–Kier alpha value is -4.47. The molecule has 0 radical (unpaired) electrons. The number of hydrogen-bond donors (Lipinski definition) is 0. The molecule has 8 aromatic rings. The van der Waals surface area contributed by atoms with Gasteiger partial charge in [0.25, 0.3) is 0 Å². The van der Waals surface area contributed by atoms with E-state index in [9.17, 15) is 0 Å². The maximum Gasteiger partial charge on any atom is 0.111 e. The smallest absolute Gasteiger partial charge is 0.111 e. The molecule has 3 heteroatoms. The molecule has 0 fully saturated rings. The van der Waals surface area contributed by atoms with Gasteiger partial charge in [0, 0.05) is 35.1 Å². The van der Waals surface area contributed by atoms with Gasteiger partial charge in [0.15, 0.2) is 0 Å². The van der Waals surface area contributed by atoms with Crippen LogP contribution in [0.1, 0.15) is 9.94 Å². The maximum absolute atomic E-state index is 8.39. The minimum absolute atomic E-state index is 0.0719. The molecule has 37 heavy (non-hydrogen) atoms. The van der Waals surface area contributed by atoms with Crippen LogP contribution in [0, 0.1) is 6.85 Å². The molecule has 0 atom stereocenters. The third-order valence-electron chi connectivity index (χ3n) is 7.36. The zero-order valence-corrected chi connectivity index (χ0v) is 20.6. The van der Waals surface area contributed by atoms with E-state index in [4.69, 9.17) is 4.11 Å². The molecular formula is C34H22N2S. The number of nitrogens with zero attached hydrogens (tertiary/aromatic N) is 2. The minimum atomic E-state index is -2.39. The quantitative estimate of drug-likeness (QED) is 0.219. The first-order valence-corrected chi connectivity index (χ1v) is 13.1.